The lowest BCUT2D eigenvalue weighted by Crippen LogP contribution is -2.06. The van der Waals surface area contributed by atoms with Gasteiger partial charge in [-0.2, -0.15) is 0 Å². The van der Waals surface area contributed by atoms with Gasteiger partial charge in [-0.15, -0.1) is 0 Å². The Morgan fingerprint density at radius 1 is 1.25 bits per heavy atom. The van der Waals surface area contributed by atoms with Gasteiger partial charge in [0.25, 0.3) is 0 Å². The lowest BCUT2D eigenvalue weighted by Gasteiger charge is -2.13. The highest BCUT2D eigenvalue weighted by atomic mass is 16.6. The summed E-state index contributed by atoms with van der Waals surface area (Å²) in [4.78, 5) is 4.58. The Kier molecular flexibility index (Phi) is 5.08. The van der Waals surface area contributed by atoms with Gasteiger partial charge in [-0.3, -0.25) is 0 Å². The van der Waals surface area contributed by atoms with Gasteiger partial charge in [0.1, 0.15) is 11.5 Å². The molecule has 0 unspecified atom stereocenters. The number of hydrogen-bond acceptors (Lipinski definition) is 4. The van der Waals surface area contributed by atoms with Gasteiger partial charge in [0.05, 0.1) is 20.3 Å². The molecule has 4 heteroatoms. The molecule has 0 aliphatic rings. The van der Waals surface area contributed by atoms with Gasteiger partial charge in [-0.25, -0.2) is 5.90 Å². The van der Waals surface area contributed by atoms with Crippen LogP contribution in [0.15, 0.2) is 12.1 Å². The van der Waals surface area contributed by atoms with Crippen LogP contribution >= 0.6 is 0 Å². The van der Waals surface area contributed by atoms with Crippen molar-refractivity contribution in [1.29, 1.82) is 0 Å². The molecular formula is C12H19NO3. The number of ether oxygens (including phenoxy) is 2. The molecule has 90 valence electrons. The highest BCUT2D eigenvalue weighted by Gasteiger charge is 2.08. The third-order valence-corrected chi connectivity index (χ3v) is 2.37. The van der Waals surface area contributed by atoms with Crippen molar-refractivity contribution < 1.29 is 14.3 Å². The fraction of sp³-hybridized carbons (Fsp3) is 0.500. The fourth-order valence-electron chi connectivity index (χ4n) is 1.57. The number of methoxy groups -OCH3 is 1. The molecule has 0 aromatic heterocycles. The molecular weight excluding hydrogens is 206 g/mol. The summed E-state index contributed by atoms with van der Waals surface area (Å²) in [6.45, 7) is 5.08. The van der Waals surface area contributed by atoms with E-state index in [1.54, 1.807) is 7.11 Å². The molecule has 1 rings (SSSR count). The Hall–Kier alpha value is -1.26. The summed E-state index contributed by atoms with van der Waals surface area (Å²) in [7, 11) is 1.65. The van der Waals surface area contributed by atoms with Crippen LogP contribution in [0.1, 0.15) is 18.1 Å². The first-order valence-corrected chi connectivity index (χ1v) is 5.34. The van der Waals surface area contributed by atoms with Crippen LogP contribution in [0, 0.1) is 6.92 Å². The summed E-state index contributed by atoms with van der Waals surface area (Å²) in [5.74, 6) is 6.75. The summed E-state index contributed by atoms with van der Waals surface area (Å²) in [5.41, 5.74) is 2.11. The normalized spacial score (nSPS) is 10.2. The molecule has 1 aromatic rings. The minimum absolute atomic E-state index is 0.463. The van der Waals surface area contributed by atoms with Gasteiger partial charge in [0.15, 0.2) is 0 Å². The topological polar surface area (TPSA) is 53.7 Å². The Morgan fingerprint density at radius 2 is 2.00 bits per heavy atom. The molecule has 1 aromatic carbocycles. The number of rotatable bonds is 6. The Morgan fingerprint density at radius 3 is 2.56 bits per heavy atom. The van der Waals surface area contributed by atoms with Crippen LogP contribution in [0.3, 0.4) is 0 Å². The van der Waals surface area contributed by atoms with Gasteiger partial charge >= 0.3 is 0 Å². The van der Waals surface area contributed by atoms with E-state index in [0.717, 1.165) is 22.6 Å². The van der Waals surface area contributed by atoms with E-state index in [9.17, 15) is 0 Å². The first kappa shape index (κ1) is 12.8. The summed E-state index contributed by atoms with van der Waals surface area (Å²) in [6.07, 6.45) is 0.708. The zero-order valence-electron chi connectivity index (χ0n) is 10.1. The minimum atomic E-state index is 0.463. The van der Waals surface area contributed by atoms with Gasteiger partial charge in [0, 0.05) is 12.0 Å². The molecule has 0 aliphatic carbocycles. The third-order valence-electron chi connectivity index (χ3n) is 2.37. The first-order valence-electron chi connectivity index (χ1n) is 5.34. The maximum Gasteiger partial charge on any atom is 0.122 e. The molecule has 0 amide bonds. The zero-order chi connectivity index (χ0) is 12.0. The predicted molar refractivity (Wildman–Crippen MR) is 62.7 cm³/mol. The van der Waals surface area contributed by atoms with Crippen LogP contribution in [0.5, 0.6) is 11.5 Å². The van der Waals surface area contributed by atoms with E-state index in [1.807, 2.05) is 26.0 Å². The number of aryl methyl sites for hydroxylation is 1. The Labute approximate surface area is 96.3 Å². The van der Waals surface area contributed by atoms with E-state index in [1.165, 1.54) is 0 Å². The van der Waals surface area contributed by atoms with E-state index in [-0.39, 0.29) is 0 Å². The number of hydrogen-bond donors (Lipinski definition) is 1. The molecule has 0 saturated heterocycles. The summed E-state index contributed by atoms with van der Waals surface area (Å²) in [5, 5.41) is 0. The number of benzene rings is 1. The van der Waals surface area contributed by atoms with Crippen LogP contribution in [0.4, 0.5) is 0 Å². The minimum Gasteiger partial charge on any atom is -0.496 e. The largest absolute Gasteiger partial charge is 0.496 e. The average molecular weight is 225 g/mol. The maximum atomic E-state index is 5.53. The molecule has 0 saturated carbocycles. The van der Waals surface area contributed by atoms with E-state index in [4.69, 9.17) is 15.4 Å². The van der Waals surface area contributed by atoms with Crippen LogP contribution < -0.4 is 15.4 Å². The molecule has 0 spiro atoms. The van der Waals surface area contributed by atoms with Crippen molar-refractivity contribution in [2.45, 2.75) is 20.3 Å². The highest BCUT2D eigenvalue weighted by molar-refractivity contribution is 5.46. The van der Waals surface area contributed by atoms with E-state index >= 15 is 0 Å². The van der Waals surface area contributed by atoms with Crippen molar-refractivity contribution in [3.8, 4) is 11.5 Å². The van der Waals surface area contributed by atoms with Crippen molar-refractivity contribution in [3.63, 3.8) is 0 Å². The summed E-state index contributed by atoms with van der Waals surface area (Å²) < 4.78 is 10.8. The molecule has 0 bridgehead atoms. The van der Waals surface area contributed by atoms with E-state index in [0.29, 0.717) is 19.6 Å². The lowest BCUT2D eigenvalue weighted by atomic mass is 10.1. The summed E-state index contributed by atoms with van der Waals surface area (Å²) >= 11 is 0. The SMILES string of the molecule is CCOc1cc(CCON)c(OC)cc1C. The van der Waals surface area contributed by atoms with E-state index < -0.39 is 0 Å². The predicted octanol–water partition coefficient (Wildman–Crippen LogP) is 1.84. The van der Waals surface area contributed by atoms with Gasteiger partial charge in [-0.05, 0) is 31.5 Å². The molecule has 0 aliphatic heterocycles. The van der Waals surface area contributed by atoms with Crippen LogP contribution in [-0.4, -0.2) is 20.3 Å². The van der Waals surface area contributed by atoms with Crippen molar-refractivity contribution >= 4 is 0 Å². The van der Waals surface area contributed by atoms with Crippen molar-refractivity contribution in [2.75, 3.05) is 20.3 Å². The Balaban J connectivity index is 2.97. The van der Waals surface area contributed by atoms with Crippen molar-refractivity contribution in [1.82, 2.24) is 0 Å². The molecule has 2 N–H and O–H groups in total. The van der Waals surface area contributed by atoms with Crippen LogP contribution in [0.25, 0.3) is 0 Å². The van der Waals surface area contributed by atoms with Gasteiger partial charge < -0.3 is 14.3 Å². The summed E-state index contributed by atoms with van der Waals surface area (Å²) in [6, 6.07) is 3.95. The average Bonchev–Trinajstić information content (AvgIpc) is 2.29. The van der Waals surface area contributed by atoms with Crippen LogP contribution in [0.2, 0.25) is 0 Å². The molecule has 0 atom stereocenters. The lowest BCUT2D eigenvalue weighted by molar-refractivity contribution is 0.140. The third kappa shape index (κ3) is 3.12. The molecule has 16 heavy (non-hydrogen) atoms. The maximum absolute atomic E-state index is 5.53. The monoisotopic (exact) mass is 225 g/mol. The molecule has 0 fully saturated rings. The van der Waals surface area contributed by atoms with E-state index in [2.05, 4.69) is 4.84 Å². The standard InChI is InChI=1S/C12H19NO3/c1-4-15-11-8-10(5-6-16-13)12(14-3)7-9(11)2/h7-8H,4-6,13H2,1-3H3. The first-order chi connectivity index (χ1) is 7.72. The number of nitrogens with two attached hydrogens (primary N) is 1. The second kappa shape index (κ2) is 6.35. The van der Waals surface area contributed by atoms with Gasteiger partial charge in [-0.1, -0.05) is 0 Å². The second-order valence-corrected chi connectivity index (χ2v) is 3.48. The van der Waals surface area contributed by atoms with Gasteiger partial charge in [0.2, 0.25) is 0 Å². The Bertz CT molecular complexity index is 339. The zero-order valence-corrected chi connectivity index (χ0v) is 10.1. The fourth-order valence-corrected chi connectivity index (χ4v) is 1.57. The van der Waals surface area contributed by atoms with Crippen molar-refractivity contribution in [3.05, 3.63) is 23.3 Å². The highest BCUT2D eigenvalue weighted by Crippen LogP contribution is 2.28. The van der Waals surface area contributed by atoms with Crippen LogP contribution in [-0.2, 0) is 11.3 Å². The smallest absolute Gasteiger partial charge is 0.122 e. The molecule has 4 nitrogen and oxygen atoms in total. The molecule has 0 heterocycles. The second-order valence-electron chi connectivity index (χ2n) is 3.48. The van der Waals surface area contributed by atoms with Crippen molar-refractivity contribution in [2.24, 2.45) is 5.90 Å². The quantitative estimate of drug-likeness (QED) is 0.750. The molecule has 0 radical (unpaired) electrons.